The van der Waals surface area contributed by atoms with Crippen molar-refractivity contribution in [2.24, 2.45) is 9.98 Å². The second kappa shape index (κ2) is 16.8. The number of fused-ring (bicyclic) bond motifs is 2. The highest BCUT2D eigenvalue weighted by Crippen LogP contribution is 2.45. The van der Waals surface area contributed by atoms with Crippen LogP contribution in [0.2, 0.25) is 0 Å². The van der Waals surface area contributed by atoms with Gasteiger partial charge in [-0.25, -0.2) is 0 Å². The summed E-state index contributed by atoms with van der Waals surface area (Å²) >= 11 is -1.03. The summed E-state index contributed by atoms with van der Waals surface area (Å²) in [4.78, 5) is 10.4. The Morgan fingerprint density at radius 1 is 0.390 bits per heavy atom. The molecule has 0 aromatic heterocycles. The Balaban J connectivity index is 1.44. The van der Waals surface area contributed by atoms with Gasteiger partial charge in [0.2, 0.25) is 0 Å². The minimum Gasteiger partial charge on any atom is -0.615 e. The van der Waals surface area contributed by atoms with Crippen molar-refractivity contribution < 1.29 is 7.58 Å². The summed E-state index contributed by atoms with van der Waals surface area (Å²) in [7, 11) is 0. The molecule has 0 N–H and O–H groups in total. The maximum Gasteiger partial charge on any atom is 0.881 e. The van der Waals surface area contributed by atoms with Crippen LogP contribution < -0.4 is 7.58 Å². The van der Waals surface area contributed by atoms with Crippen LogP contribution in [0.1, 0.15) is 125 Å². The Bertz CT molecular complexity index is 2260. The summed E-state index contributed by atoms with van der Waals surface area (Å²) in [5.41, 5.74) is 9.97. The van der Waals surface area contributed by atoms with Gasteiger partial charge in [-0.3, -0.25) is 9.98 Å². The number of benzene rings is 6. The lowest BCUT2D eigenvalue weighted by Gasteiger charge is -2.34. The van der Waals surface area contributed by atoms with Crippen LogP contribution >= 0.6 is 0 Å². The Morgan fingerprint density at radius 3 is 0.983 bits per heavy atom. The molecule has 0 amide bonds. The van der Waals surface area contributed by atoms with E-state index < -0.39 is 26.7 Å². The van der Waals surface area contributed by atoms with Crippen molar-refractivity contribution in [1.82, 2.24) is 0 Å². The zero-order valence-electron chi connectivity index (χ0n) is 36.5. The van der Waals surface area contributed by atoms with Crippen LogP contribution in [-0.2, 0) is 21.7 Å². The molecule has 0 aliphatic carbocycles. The standard InChI is InChI=1S/C54H60N2O2.Al/c1-37(55-35-39-31-45(51(3,4)41-23-15-11-16-24-41)33-47(49(39)57)53(7,8)43-27-19-13-20-28-43)38(2)56-36-40-32-46(52(5,6)42-25-17-12-18-26-42)34-48(50(40)58)54(9,10)44-29-21-14-22-30-44;/h11-38,57-58H,1-10H3;/q;+2/p-2. The van der Waals surface area contributed by atoms with Crippen molar-refractivity contribution in [3.63, 3.8) is 0 Å². The molecule has 6 aromatic rings. The molecule has 1 aliphatic heterocycles. The summed E-state index contributed by atoms with van der Waals surface area (Å²) in [6.07, 6.45) is 4.02. The van der Waals surface area contributed by atoms with Crippen LogP contribution in [0.3, 0.4) is 0 Å². The lowest BCUT2D eigenvalue weighted by Crippen LogP contribution is -2.27. The topological polar surface area (TPSA) is 43.2 Å². The van der Waals surface area contributed by atoms with Gasteiger partial charge in [0.25, 0.3) is 0 Å². The second-order valence-electron chi connectivity index (χ2n) is 18.2. The van der Waals surface area contributed by atoms with Gasteiger partial charge in [0.1, 0.15) is 0 Å². The molecule has 2 unspecified atom stereocenters. The third-order valence-corrected chi connectivity index (χ3v) is 13.6. The highest BCUT2D eigenvalue weighted by atomic mass is 27.2. The first kappa shape index (κ1) is 41.9. The molecule has 1 heterocycles. The van der Waals surface area contributed by atoms with Crippen LogP contribution in [0, 0.1) is 0 Å². The number of hydrogen-bond acceptors (Lipinski definition) is 4. The maximum absolute atomic E-state index is 7.10. The predicted octanol–water partition coefficient (Wildman–Crippen LogP) is 12.6. The van der Waals surface area contributed by atoms with E-state index in [9.17, 15) is 0 Å². The normalized spacial score (nSPS) is 16.2. The molecule has 4 nitrogen and oxygen atoms in total. The molecule has 0 spiro atoms. The van der Waals surface area contributed by atoms with Crippen LogP contribution in [-0.4, -0.2) is 40.4 Å². The molecule has 0 bridgehead atoms. The Kier molecular flexibility index (Phi) is 11.9. The number of nitrogens with zero attached hydrogens (tertiary/aromatic N) is 2. The van der Waals surface area contributed by atoms with E-state index >= 15 is 0 Å². The molecular weight excluding hydrogens is 736 g/mol. The number of hydrogen-bond donors (Lipinski definition) is 0. The van der Waals surface area contributed by atoms with E-state index in [4.69, 9.17) is 17.6 Å². The Morgan fingerprint density at radius 2 is 0.678 bits per heavy atom. The van der Waals surface area contributed by atoms with Gasteiger partial charge in [-0.05, 0) is 59.4 Å². The smallest absolute Gasteiger partial charge is 0.615 e. The molecule has 7 rings (SSSR count). The van der Waals surface area contributed by atoms with E-state index in [1.807, 2.05) is 12.4 Å². The van der Waals surface area contributed by atoms with Gasteiger partial charge >= 0.3 is 15.9 Å². The molecule has 299 valence electrons. The lowest BCUT2D eigenvalue weighted by molar-refractivity contribution is 0.438. The van der Waals surface area contributed by atoms with Gasteiger partial charge < -0.3 is 7.58 Å². The van der Waals surface area contributed by atoms with Crippen molar-refractivity contribution >= 4 is 28.3 Å². The maximum atomic E-state index is 7.10. The fraction of sp³-hybridized carbons (Fsp3) is 0.296. The molecule has 2 atom stereocenters. The molecular formula is C54H58AlN2O2. The predicted molar refractivity (Wildman–Crippen MR) is 248 cm³/mol. The van der Waals surface area contributed by atoms with Crippen LogP contribution in [0.5, 0.6) is 11.5 Å². The second-order valence-corrected chi connectivity index (χ2v) is 18.9. The molecule has 1 radical (unpaired) electrons. The molecule has 6 aromatic carbocycles. The minimum absolute atomic E-state index is 0.0999. The minimum atomic E-state index is -1.03. The zero-order chi connectivity index (χ0) is 42.0. The fourth-order valence-electron chi connectivity index (χ4n) is 8.24. The summed E-state index contributed by atoms with van der Waals surface area (Å²) in [6.45, 7) is 22.7. The number of aliphatic imine (C=N–C) groups is 2. The molecule has 0 fully saturated rings. The van der Waals surface area contributed by atoms with Gasteiger partial charge in [-0.2, -0.15) is 0 Å². The van der Waals surface area contributed by atoms with Crippen LogP contribution in [0.15, 0.2) is 156 Å². The van der Waals surface area contributed by atoms with E-state index in [1.54, 1.807) is 0 Å². The van der Waals surface area contributed by atoms with Gasteiger partial charge in [-0.15, -0.1) is 0 Å². The molecule has 59 heavy (non-hydrogen) atoms. The molecule has 0 saturated carbocycles. The average Bonchev–Trinajstić information content (AvgIpc) is 3.26. The van der Waals surface area contributed by atoms with Crippen molar-refractivity contribution in [1.29, 1.82) is 0 Å². The van der Waals surface area contributed by atoms with E-state index in [0.29, 0.717) is 0 Å². The van der Waals surface area contributed by atoms with Gasteiger partial charge in [0.05, 0.1) is 23.6 Å². The summed E-state index contributed by atoms with van der Waals surface area (Å²) in [5, 5.41) is 0. The van der Waals surface area contributed by atoms with Crippen LogP contribution in [0.25, 0.3) is 0 Å². The van der Waals surface area contributed by atoms with E-state index in [-0.39, 0.29) is 22.9 Å². The van der Waals surface area contributed by atoms with Gasteiger partial charge in [-0.1, -0.05) is 189 Å². The average molecular weight is 794 g/mol. The van der Waals surface area contributed by atoms with Crippen molar-refractivity contribution in [3.05, 3.63) is 201 Å². The summed E-state index contributed by atoms with van der Waals surface area (Å²) in [6, 6.07) is 52.0. The lowest BCUT2D eigenvalue weighted by atomic mass is 9.72. The zero-order valence-corrected chi connectivity index (χ0v) is 37.6. The first-order valence-electron chi connectivity index (χ1n) is 20.9. The molecule has 1 aliphatic rings. The SMILES string of the molecule is CC1N=Cc2cc(C(C)(C)c3ccccc3)cc(C(C)(C)c3ccccc3)c2[O][Al][O]c2c(cc(C(C)(C)c3ccccc3)cc2C(C)(C)c2ccccc2)C=NC1C. The third-order valence-electron chi connectivity index (χ3n) is 12.9. The van der Waals surface area contributed by atoms with Crippen molar-refractivity contribution in [3.8, 4) is 11.5 Å². The number of rotatable bonds is 8. The first-order chi connectivity index (χ1) is 28.1. The first-order valence-corrected chi connectivity index (χ1v) is 21.9. The largest absolute Gasteiger partial charge is 0.881 e. The monoisotopic (exact) mass is 793 g/mol. The van der Waals surface area contributed by atoms with Gasteiger partial charge in [0, 0.05) is 56.3 Å². The highest BCUT2D eigenvalue weighted by molar-refractivity contribution is 6.21. The highest BCUT2D eigenvalue weighted by Gasteiger charge is 2.35. The van der Waals surface area contributed by atoms with Crippen molar-refractivity contribution in [2.45, 2.75) is 103 Å². The molecule has 0 saturated heterocycles. The van der Waals surface area contributed by atoms with Gasteiger partial charge in [0.15, 0.2) is 0 Å². The third kappa shape index (κ3) is 8.47. The summed E-state index contributed by atoms with van der Waals surface area (Å²) in [5.74, 6) is 1.61. The van der Waals surface area contributed by atoms with E-state index in [0.717, 1.165) is 33.8 Å². The van der Waals surface area contributed by atoms with Crippen molar-refractivity contribution in [2.75, 3.05) is 0 Å². The fourth-order valence-corrected chi connectivity index (χ4v) is 9.00. The quantitative estimate of drug-likeness (QED) is 0.144. The molecule has 5 heteroatoms. The Hall–Kier alpha value is -5.21. The Labute approximate surface area is 359 Å². The summed E-state index contributed by atoms with van der Waals surface area (Å²) < 4.78 is 14.2. The van der Waals surface area contributed by atoms with E-state index in [1.165, 1.54) is 33.4 Å². The van der Waals surface area contributed by atoms with E-state index in [2.05, 4.69) is 215 Å². The van der Waals surface area contributed by atoms with Crippen LogP contribution in [0.4, 0.5) is 0 Å².